The van der Waals surface area contributed by atoms with Crippen LogP contribution in [0.1, 0.15) is 12.5 Å². The molecule has 0 heterocycles. The number of esters is 1. The van der Waals surface area contributed by atoms with Gasteiger partial charge in [0.05, 0.1) is 0 Å². The van der Waals surface area contributed by atoms with Crippen molar-refractivity contribution in [3.05, 3.63) is 58.3 Å². The van der Waals surface area contributed by atoms with E-state index in [0.717, 1.165) is 10.0 Å². The summed E-state index contributed by atoms with van der Waals surface area (Å²) in [6.07, 6.45) is -0.923. The average Bonchev–Trinajstić information content (AvgIpc) is 2.57. The van der Waals surface area contributed by atoms with Gasteiger partial charge in [-0.1, -0.05) is 15.9 Å². The zero-order valence-electron chi connectivity index (χ0n) is 13.7. The lowest BCUT2D eigenvalue weighted by Gasteiger charge is -2.14. The van der Waals surface area contributed by atoms with Crippen molar-refractivity contribution in [1.29, 1.82) is 0 Å². The molecule has 132 valence electrons. The van der Waals surface area contributed by atoms with Crippen molar-refractivity contribution in [1.82, 2.24) is 0 Å². The molecule has 0 spiro atoms. The monoisotopic (exact) mass is 409 g/mol. The number of anilines is 1. The number of nitrogens with one attached hydrogen (secondary N) is 1. The molecular weight excluding hydrogens is 393 g/mol. The fourth-order valence-electron chi connectivity index (χ4n) is 1.97. The maximum atomic E-state index is 12.8. The molecule has 1 amide bonds. The van der Waals surface area contributed by atoms with E-state index >= 15 is 0 Å². The van der Waals surface area contributed by atoms with Gasteiger partial charge in [0.2, 0.25) is 0 Å². The van der Waals surface area contributed by atoms with Crippen LogP contribution in [0.2, 0.25) is 0 Å². The summed E-state index contributed by atoms with van der Waals surface area (Å²) in [5.74, 6) is -1.21. The number of benzene rings is 2. The molecule has 0 saturated heterocycles. The molecule has 2 aromatic rings. The second-order valence-corrected chi connectivity index (χ2v) is 6.24. The van der Waals surface area contributed by atoms with Crippen LogP contribution >= 0.6 is 15.9 Å². The molecule has 0 saturated carbocycles. The van der Waals surface area contributed by atoms with Gasteiger partial charge in [-0.15, -0.1) is 0 Å². The highest BCUT2D eigenvalue weighted by Gasteiger charge is 2.18. The summed E-state index contributed by atoms with van der Waals surface area (Å²) in [5, 5.41) is 2.67. The third kappa shape index (κ3) is 5.86. The fraction of sp³-hybridized carbons (Fsp3) is 0.222. The van der Waals surface area contributed by atoms with E-state index in [9.17, 15) is 14.0 Å². The van der Waals surface area contributed by atoms with Crippen molar-refractivity contribution in [2.45, 2.75) is 20.0 Å². The Morgan fingerprint density at radius 3 is 2.52 bits per heavy atom. The lowest BCUT2D eigenvalue weighted by atomic mass is 10.2. The Morgan fingerprint density at radius 2 is 1.88 bits per heavy atom. The third-order valence-electron chi connectivity index (χ3n) is 3.27. The molecule has 2 aromatic carbocycles. The maximum Gasteiger partial charge on any atom is 0.347 e. The summed E-state index contributed by atoms with van der Waals surface area (Å²) in [5.41, 5.74) is 1.52. The average molecular weight is 410 g/mol. The second kappa shape index (κ2) is 8.62. The van der Waals surface area contributed by atoms with Gasteiger partial charge in [0, 0.05) is 10.2 Å². The summed E-state index contributed by atoms with van der Waals surface area (Å²) >= 11 is 3.34. The zero-order valence-corrected chi connectivity index (χ0v) is 15.3. The zero-order chi connectivity index (χ0) is 18.4. The molecular formula is C18H17BrFNO4. The van der Waals surface area contributed by atoms with Crippen LogP contribution in [-0.2, 0) is 14.3 Å². The van der Waals surface area contributed by atoms with Crippen molar-refractivity contribution in [2.75, 3.05) is 11.9 Å². The number of rotatable bonds is 6. The van der Waals surface area contributed by atoms with E-state index in [1.54, 1.807) is 12.1 Å². The number of halogens is 2. The standard InChI is InChI=1S/C18H17BrFNO4/c1-11-9-13(19)3-8-16(11)21-17(22)10-24-18(23)12(2)25-15-6-4-14(20)5-7-15/h3-9,12H,10H2,1-2H3,(H,21,22)/t12-/m0/s1. The van der Waals surface area contributed by atoms with Crippen LogP contribution < -0.4 is 10.1 Å². The molecule has 0 aliphatic carbocycles. The molecule has 1 N–H and O–H groups in total. The number of ether oxygens (including phenoxy) is 2. The smallest absolute Gasteiger partial charge is 0.347 e. The quantitative estimate of drug-likeness (QED) is 0.735. The molecule has 2 rings (SSSR count). The van der Waals surface area contributed by atoms with Crippen molar-refractivity contribution in [3.63, 3.8) is 0 Å². The van der Waals surface area contributed by atoms with Crippen LogP contribution in [0, 0.1) is 12.7 Å². The first-order valence-corrected chi connectivity index (χ1v) is 8.29. The topological polar surface area (TPSA) is 64.6 Å². The summed E-state index contributed by atoms with van der Waals surface area (Å²) in [4.78, 5) is 23.8. The molecule has 0 bridgehead atoms. The van der Waals surface area contributed by atoms with Gasteiger partial charge in [0.1, 0.15) is 11.6 Å². The van der Waals surface area contributed by atoms with E-state index in [2.05, 4.69) is 21.2 Å². The summed E-state index contributed by atoms with van der Waals surface area (Å²) < 4.78 is 24.0. The van der Waals surface area contributed by atoms with Crippen molar-refractivity contribution >= 4 is 33.5 Å². The molecule has 0 aliphatic rings. The van der Waals surface area contributed by atoms with Crippen LogP contribution in [0.4, 0.5) is 10.1 Å². The molecule has 25 heavy (non-hydrogen) atoms. The number of carbonyl (C=O) groups excluding carboxylic acids is 2. The van der Waals surface area contributed by atoms with E-state index in [-0.39, 0.29) is 0 Å². The van der Waals surface area contributed by atoms with Gasteiger partial charge < -0.3 is 14.8 Å². The second-order valence-electron chi connectivity index (χ2n) is 5.33. The lowest BCUT2D eigenvalue weighted by Crippen LogP contribution is -2.29. The lowest BCUT2D eigenvalue weighted by molar-refractivity contribution is -0.153. The molecule has 5 nitrogen and oxygen atoms in total. The van der Waals surface area contributed by atoms with Crippen LogP contribution in [0.3, 0.4) is 0 Å². The van der Waals surface area contributed by atoms with Gasteiger partial charge in [0.25, 0.3) is 5.91 Å². The number of aryl methyl sites for hydroxylation is 1. The van der Waals surface area contributed by atoms with Gasteiger partial charge >= 0.3 is 5.97 Å². The molecule has 0 aromatic heterocycles. The highest BCUT2D eigenvalue weighted by atomic mass is 79.9. The molecule has 7 heteroatoms. The van der Waals surface area contributed by atoms with Crippen LogP contribution in [-0.4, -0.2) is 24.6 Å². The number of amides is 1. The van der Waals surface area contributed by atoms with Crippen LogP contribution in [0.25, 0.3) is 0 Å². The Bertz CT molecular complexity index is 764. The van der Waals surface area contributed by atoms with E-state index in [1.807, 2.05) is 13.0 Å². The van der Waals surface area contributed by atoms with Gasteiger partial charge in [-0.05, 0) is 61.9 Å². The predicted octanol–water partition coefficient (Wildman–Crippen LogP) is 3.85. The summed E-state index contributed by atoms with van der Waals surface area (Å²) in [6.45, 7) is 2.92. The van der Waals surface area contributed by atoms with E-state index < -0.39 is 30.4 Å². The number of hydrogen-bond donors (Lipinski definition) is 1. The van der Waals surface area contributed by atoms with Crippen molar-refractivity contribution in [3.8, 4) is 5.75 Å². The minimum atomic E-state index is -0.923. The number of carbonyl (C=O) groups is 2. The first kappa shape index (κ1) is 18.9. The van der Waals surface area contributed by atoms with Crippen LogP contribution in [0.5, 0.6) is 5.75 Å². The molecule has 0 fully saturated rings. The van der Waals surface area contributed by atoms with Gasteiger partial charge in [0.15, 0.2) is 12.7 Å². The summed E-state index contributed by atoms with van der Waals surface area (Å²) in [7, 11) is 0. The minimum Gasteiger partial charge on any atom is -0.479 e. The van der Waals surface area contributed by atoms with E-state index in [1.165, 1.54) is 31.2 Å². The summed E-state index contributed by atoms with van der Waals surface area (Å²) in [6, 6.07) is 10.7. The maximum absolute atomic E-state index is 12.8. The highest BCUT2D eigenvalue weighted by Crippen LogP contribution is 2.20. The Labute approximate surface area is 153 Å². The first-order valence-electron chi connectivity index (χ1n) is 7.50. The Balaban J connectivity index is 1.82. The van der Waals surface area contributed by atoms with E-state index in [4.69, 9.17) is 9.47 Å². The molecule has 0 radical (unpaired) electrons. The molecule has 0 aliphatic heterocycles. The van der Waals surface area contributed by atoms with Crippen molar-refractivity contribution < 1.29 is 23.5 Å². The predicted molar refractivity (Wildman–Crippen MR) is 95.0 cm³/mol. The van der Waals surface area contributed by atoms with Crippen LogP contribution in [0.15, 0.2) is 46.9 Å². The molecule has 1 atom stereocenters. The third-order valence-corrected chi connectivity index (χ3v) is 3.76. The minimum absolute atomic E-state index is 0.334. The van der Waals surface area contributed by atoms with Gasteiger partial charge in [-0.25, -0.2) is 9.18 Å². The first-order chi connectivity index (χ1) is 11.8. The molecule has 0 unspecified atom stereocenters. The Morgan fingerprint density at radius 1 is 1.20 bits per heavy atom. The van der Waals surface area contributed by atoms with Crippen molar-refractivity contribution in [2.24, 2.45) is 0 Å². The fourth-order valence-corrected chi connectivity index (χ4v) is 2.45. The SMILES string of the molecule is Cc1cc(Br)ccc1NC(=O)COC(=O)[C@H](C)Oc1ccc(F)cc1. The largest absolute Gasteiger partial charge is 0.479 e. The Hall–Kier alpha value is -2.41. The van der Waals surface area contributed by atoms with E-state index in [0.29, 0.717) is 11.4 Å². The highest BCUT2D eigenvalue weighted by molar-refractivity contribution is 9.10. The number of hydrogen-bond acceptors (Lipinski definition) is 4. The Kier molecular flexibility index (Phi) is 6.52. The van der Waals surface area contributed by atoms with Gasteiger partial charge in [-0.3, -0.25) is 4.79 Å². The van der Waals surface area contributed by atoms with Gasteiger partial charge in [-0.2, -0.15) is 0 Å². The normalized spacial score (nSPS) is 11.5.